The molecule has 23 heavy (non-hydrogen) atoms. The van der Waals surface area contributed by atoms with Crippen LogP contribution in [0.25, 0.3) is 0 Å². The molecular formula is C17H19ClN2O2S. The van der Waals surface area contributed by atoms with Gasteiger partial charge in [-0.05, 0) is 55.3 Å². The first-order valence-corrected chi connectivity index (χ1v) is 8.88. The van der Waals surface area contributed by atoms with E-state index in [1.54, 1.807) is 62.3 Å². The van der Waals surface area contributed by atoms with Crippen molar-refractivity contribution in [2.24, 2.45) is 4.40 Å². The van der Waals surface area contributed by atoms with E-state index in [9.17, 15) is 8.42 Å². The minimum atomic E-state index is -3.80. The van der Waals surface area contributed by atoms with Crippen LogP contribution in [0.3, 0.4) is 0 Å². The largest absolute Gasteiger partial charge is 0.362 e. The molecule has 0 amide bonds. The Morgan fingerprint density at radius 3 is 2.22 bits per heavy atom. The first kappa shape index (κ1) is 17.5. The van der Waals surface area contributed by atoms with Crippen LogP contribution in [0.4, 0.5) is 0 Å². The number of amidine groups is 1. The molecule has 2 aromatic rings. The van der Waals surface area contributed by atoms with Crippen molar-refractivity contribution in [1.82, 2.24) is 4.90 Å². The number of benzene rings is 2. The second-order valence-electron chi connectivity index (χ2n) is 5.56. The fraction of sp³-hybridized carbons (Fsp3) is 0.235. The summed E-state index contributed by atoms with van der Waals surface area (Å²) in [6, 6.07) is 12.2. The molecule has 2 aromatic carbocycles. The van der Waals surface area contributed by atoms with Crippen molar-refractivity contribution in [1.29, 1.82) is 0 Å². The smallest absolute Gasteiger partial charge is 0.284 e. The Labute approximate surface area is 142 Å². The minimum absolute atomic E-state index is 0.228. The van der Waals surface area contributed by atoms with Crippen molar-refractivity contribution in [3.63, 3.8) is 0 Å². The molecule has 0 unspecified atom stereocenters. The highest BCUT2D eigenvalue weighted by Crippen LogP contribution is 2.21. The first-order valence-electron chi connectivity index (χ1n) is 7.06. The monoisotopic (exact) mass is 350 g/mol. The molecule has 0 aliphatic heterocycles. The van der Waals surface area contributed by atoms with Gasteiger partial charge in [0.2, 0.25) is 0 Å². The summed E-state index contributed by atoms with van der Waals surface area (Å²) in [5, 5.41) is 0.587. The molecule has 0 saturated carbocycles. The number of hydrogen-bond donors (Lipinski definition) is 0. The van der Waals surface area contributed by atoms with Crippen LogP contribution in [0.15, 0.2) is 51.8 Å². The van der Waals surface area contributed by atoms with Gasteiger partial charge in [-0.3, -0.25) is 0 Å². The maximum absolute atomic E-state index is 12.7. The third-order valence-electron chi connectivity index (χ3n) is 3.35. The van der Waals surface area contributed by atoms with Crippen LogP contribution in [-0.2, 0) is 10.0 Å². The molecule has 0 radical (unpaired) electrons. The molecule has 0 fully saturated rings. The summed E-state index contributed by atoms with van der Waals surface area (Å²) in [5.74, 6) is 0.363. The SMILES string of the molecule is Cc1ccc(C)c(S(=O)(=O)/N=C(/c2ccc(Cl)cc2)N(C)C)c1. The molecule has 0 saturated heterocycles. The van der Waals surface area contributed by atoms with Crippen molar-refractivity contribution < 1.29 is 8.42 Å². The van der Waals surface area contributed by atoms with Gasteiger partial charge in [0, 0.05) is 24.7 Å². The Balaban J connectivity index is 2.58. The minimum Gasteiger partial charge on any atom is -0.362 e. The molecular weight excluding hydrogens is 332 g/mol. The first-order chi connectivity index (χ1) is 10.7. The zero-order valence-electron chi connectivity index (χ0n) is 13.5. The van der Waals surface area contributed by atoms with Gasteiger partial charge in [-0.1, -0.05) is 23.7 Å². The third-order valence-corrected chi connectivity index (χ3v) is 5.02. The quantitative estimate of drug-likeness (QED) is 0.627. The maximum Gasteiger partial charge on any atom is 0.284 e. The van der Waals surface area contributed by atoms with Crippen molar-refractivity contribution in [2.45, 2.75) is 18.7 Å². The topological polar surface area (TPSA) is 49.7 Å². The molecule has 122 valence electrons. The van der Waals surface area contributed by atoms with E-state index < -0.39 is 10.0 Å². The van der Waals surface area contributed by atoms with Gasteiger partial charge in [-0.25, -0.2) is 0 Å². The van der Waals surface area contributed by atoms with Crippen LogP contribution in [-0.4, -0.2) is 33.2 Å². The van der Waals surface area contributed by atoms with Crippen molar-refractivity contribution >= 4 is 27.5 Å². The second-order valence-corrected chi connectivity index (χ2v) is 7.57. The van der Waals surface area contributed by atoms with Gasteiger partial charge in [0.15, 0.2) is 0 Å². The Morgan fingerprint density at radius 2 is 1.65 bits per heavy atom. The normalized spacial score (nSPS) is 12.3. The zero-order chi connectivity index (χ0) is 17.2. The van der Waals surface area contributed by atoms with Crippen molar-refractivity contribution in [2.75, 3.05) is 14.1 Å². The molecule has 0 aliphatic rings. The summed E-state index contributed by atoms with van der Waals surface area (Å²) < 4.78 is 29.5. The molecule has 0 heterocycles. The number of halogens is 1. The van der Waals surface area contributed by atoms with Crippen LogP contribution in [0.2, 0.25) is 5.02 Å². The van der Waals surface area contributed by atoms with Gasteiger partial charge in [0.05, 0.1) is 4.90 Å². The molecule has 6 heteroatoms. The molecule has 0 N–H and O–H groups in total. The van der Waals surface area contributed by atoms with E-state index in [-0.39, 0.29) is 4.90 Å². The predicted molar refractivity (Wildman–Crippen MR) is 94.8 cm³/mol. The maximum atomic E-state index is 12.7. The van der Waals surface area contributed by atoms with E-state index in [0.717, 1.165) is 5.56 Å². The van der Waals surface area contributed by atoms with Crippen LogP contribution >= 0.6 is 11.6 Å². The van der Waals surface area contributed by atoms with Crippen LogP contribution in [0.5, 0.6) is 0 Å². The second kappa shape index (κ2) is 6.72. The molecule has 0 spiro atoms. The molecule has 4 nitrogen and oxygen atoms in total. The number of nitrogens with zero attached hydrogens (tertiary/aromatic N) is 2. The Kier molecular flexibility index (Phi) is 5.12. The molecule has 0 atom stereocenters. The lowest BCUT2D eigenvalue weighted by Crippen LogP contribution is -2.24. The Hall–Kier alpha value is -1.85. The van der Waals surface area contributed by atoms with E-state index in [4.69, 9.17) is 11.6 Å². The van der Waals surface area contributed by atoms with Crippen LogP contribution < -0.4 is 0 Å². The summed E-state index contributed by atoms with van der Waals surface area (Å²) in [6.45, 7) is 3.62. The van der Waals surface area contributed by atoms with Gasteiger partial charge in [0.25, 0.3) is 10.0 Å². The zero-order valence-corrected chi connectivity index (χ0v) is 15.1. The van der Waals surface area contributed by atoms with Gasteiger partial charge < -0.3 is 4.90 Å². The van der Waals surface area contributed by atoms with E-state index in [1.807, 2.05) is 13.0 Å². The highest BCUT2D eigenvalue weighted by molar-refractivity contribution is 7.90. The van der Waals surface area contributed by atoms with Crippen LogP contribution in [0.1, 0.15) is 16.7 Å². The fourth-order valence-corrected chi connectivity index (χ4v) is 3.67. The van der Waals surface area contributed by atoms with E-state index >= 15 is 0 Å². The lowest BCUT2D eigenvalue weighted by molar-refractivity contribution is 0.591. The van der Waals surface area contributed by atoms with Gasteiger partial charge in [-0.2, -0.15) is 8.42 Å². The fourth-order valence-electron chi connectivity index (χ4n) is 2.14. The number of aryl methyl sites for hydroxylation is 2. The molecule has 2 rings (SSSR count). The van der Waals surface area contributed by atoms with Gasteiger partial charge >= 0.3 is 0 Å². The summed E-state index contributed by atoms with van der Waals surface area (Å²) >= 11 is 5.89. The summed E-state index contributed by atoms with van der Waals surface area (Å²) in [5.41, 5.74) is 2.24. The standard InChI is InChI=1S/C17H19ClN2O2S/c1-12-5-6-13(2)16(11-12)23(21,22)19-17(20(3)4)14-7-9-15(18)10-8-14/h5-11H,1-4H3/b19-17-. The molecule has 0 aromatic heterocycles. The van der Waals surface area contributed by atoms with E-state index in [2.05, 4.69) is 4.40 Å². The third kappa shape index (κ3) is 4.12. The molecule has 0 bridgehead atoms. The van der Waals surface area contributed by atoms with E-state index in [0.29, 0.717) is 22.0 Å². The highest BCUT2D eigenvalue weighted by Gasteiger charge is 2.19. The van der Waals surface area contributed by atoms with Gasteiger partial charge in [0.1, 0.15) is 5.84 Å². The summed E-state index contributed by atoms with van der Waals surface area (Å²) in [6.07, 6.45) is 0. The average Bonchev–Trinajstić information content (AvgIpc) is 2.48. The lowest BCUT2D eigenvalue weighted by Gasteiger charge is -2.16. The molecule has 0 aliphatic carbocycles. The van der Waals surface area contributed by atoms with Crippen LogP contribution in [0, 0.1) is 13.8 Å². The predicted octanol–water partition coefficient (Wildman–Crippen LogP) is 3.65. The lowest BCUT2D eigenvalue weighted by atomic mass is 10.2. The highest BCUT2D eigenvalue weighted by atomic mass is 35.5. The number of hydrogen-bond acceptors (Lipinski definition) is 2. The summed E-state index contributed by atoms with van der Waals surface area (Å²) in [7, 11) is -0.291. The Bertz CT molecular complexity index is 841. The van der Waals surface area contributed by atoms with Gasteiger partial charge in [-0.15, -0.1) is 4.40 Å². The number of rotatable bonds is 3. The van der Waals surface area contributed by atoms with E-state index in [1.165, 1.54) is 0 Å². The van der Waals surface area contributed by atoms with Crippen molar-refractivity contribution in [3.05, 3.63) is 64.2 Å². The summed E-state index contributed by atoms with van der Waals surface area (Å²) in [4.78, 5) is 1.90. The average molecular weight is 351 g/mol. The van der Waals surface area contributed by atoms with Crippen molar-refractivity contribution in [3.8, 4) is 0 Å². The number of sulfonamides is 1. The Morgan fingerprint density at radius 1 is 1.04 bits per heavy atom.